The average molecular weight is 243 g/mol. The zero-order valence-electron chi connectivity index (χ0n) is 10.5. The van der Waals surface area contributed by atoms with Crippen LogP contribution >= 0.6 is 0 Å². The first-order chi connectivity index (χ1) is 8.81. The first-order valence-corrected chi connectivity index (χ1v) is 6.44. The van der Waals surface area contributed by atoms with Gasteiger partial charge in [-0.05, 0) is 18.6 Å². The molecule has 4 heteroatoms. The Hall–Kier alpha value is -1.97. The van der Waals surface area contributed by atoms with Gasteiger partial charge in [0.05, 0.1) is 11.2 Å². The maximum atomic E-state index is 12.3. The molecule has 1 aromatic heterocycles. The molecule has 4 nitrogen and oxygen atoms in total. The lowest BCUT2D eigenvalue weighted by Crippen LogP contribution is -2.32. The molecule has 0 radical (unpaired) electrons. The molecule has 1 fully saturated rings. The molecule has 1 aliphatic heterocycles. The first-order valence-electron chi connectivity index (χ1n) is 6.44. The molecule has 1 N–H and O–H groups in total. The van der Waals surface area contributed by atoms with Crippen molar-refractivity contribution in [3.8, 4) is 0 Å². The number of carbonyl (C=O) groups is 1. The second kappa shape index (κ2) is 4.37. The number of nitrogens with one attached hydrogen (secondary N) is 1. The molecule has 0 saturated carbocycles. The first kappa shape index (κ1) is 11.1. The summed E-state index contributed by atoms with van der Waals surface area (Å²) in [5.41, 5.74) is 2.03. The SMILES string of the molecule is CCCN1CCN(c2cccc3cc[nH]c23)C1=O. The van der Waals surface area contributed by atoms with Gasteiger partial charge < -0.3 is 9.88 Å². The Bertz CT molecular complexity index is 575. The number of para-hydroxylation sites is 1. The standard InChI is InChI=1S/C14H17N3O/c1-2-8-16-9-10-17(14(16)18)12-5-3-4-11-6-7-15-13(11)12/h3-7,15H,2,8-10H2,1H3. The van der Waals surface area contributed by atoms with Gasteiger partial charge in [-0.1, -0.05) is 19.1 Å². The van der Waals surface area contributed by atoms with E-state index < -0.39 is 0 Å². The molecule has 1 saturated heterocycles. The van der Waals surface area contributed by atoms with Gasteiger partial charge in [0.1, 0.15) is 0 Å². The average Bonchev–Trinajstić information content (AvgIpc) is 2.98. The summed E-state index contributed by atoms with van der Waals surface area (Å²) in [6.07, 6.45) is 2.92. The number of benzene rings is 1. The second-order valence-electron chi connectivity index (χ2n) is 4.64. The lowest BCUT2D eigenvalue weighted by atomic mass is 10.2. The van der Waals surface area contributed by atoms with Crippen molar-refractivity contribution in [3.63, 3.8) is 0 Å². The Morgan fingerprint density at radius 3 is 3.00 bits per heavy atom. The molecule has 2 amide bonds. The molecule has 0 aliphatic carbocycles. The fourth-order valence-corrected chi connectivity index (χ4v) is 2.58. The Balaban J connectivity index is 1.96. The molecule has 2 aromatic rings. The Morgan fingerprint density at radius 1 is 1.28 bits per heavy atom. The number of rotatable bonds is 3. The van der Waals surface area contributed by atoms with E-state index in [1.165, 1.54) is 0 Å². The predicted octanol–water partition coefficient (Wildman–Crippen LogP) is 2.82. The van der Waals surface area contributed by atoms with E-state index in [0.29, 0.717) is 0 Å². The number of aromatic amines is 1. The van der Waals surface area contributed by atoms with Crippen LogP contribution in [0.1, 0.15) is 13.3 Å². The van der Waals surface area contributed by atoms with Crippen molar-refractivity contribution in [3.05, 3.63) is 30.5 Å². The quantitative estimate of drug-likeness (QED) is 0.884. The summed E-state index contributed by atoms with van der Waals surface area (Å²) in [5.74, 6) is 0. The number of aromatic nitrogens is 1. The van der Waals surface area contributed by atoms with Crippen molar-refractivity contribution in [2.24, 2.45) is 0 Å². The fourth-order valence-electron chi connectivity index (χ4n) is 2.58. The zero-order valence-corrected chi connectivity index (χ0v) is 10.5. The minimum absolute atomic E-state index is 0.124. The fraction of sp³-hybridized carbons (Fsp3) is 0.357. The Morgan fingerprint density at radius 2 is 2.17 bits per heavy atom. The molecule has 2 heterocycles. The van der Waals surface area contributed by atoms with Crippen LogP contribution in [0.3, 0.4) is 0 Å². The van der Waals surface area contributed by atoms with E-state index in [9.17, 15) is 4.79 Å². The summed E-state index contributed by atoms with van der Waals surface area (Å²) in [7, 11) is 0. The van der Waals surface area contributed by atoms with Crippen LogP contribution in [-0.4, -0.2) is 35.5 Å². The number of hydrogen-bond donors (Lipinski definition) is 1. The van der Waals surface area contributed by atoms with Gasteiger partial charge in [-0.2, -0.15) is 0 Å². The summed E-state index contributed by atoms with van der Waals surface area (Å²) in [6, 6.07) is 8.22. The summed E-state index contributed by atoms with van der Waals surface area (Å²) in [6.45, 7) is 4.54. The highest BCUT2D eigenvalue weighted by molar-refractivity contribution is 6.02. The number of nitrogens with zero attached hydrogens (tertiary/aromatic N) is 2. The molecule has 1 aliphatic rings. The number of fused-ring (bicyclic) bond motifs is 1. The zero-order chi connectivity index (χ0) is 12.5. The van der Waals surface area contributed by atoms with Gasteiger partial charge in [0.2, 0.25) is 0 Å². The van der Waals surface area contributed by atoms with Gasteiger partial charge in [0.15, 0.2) is 0 Å². The van der Waals surface area contributed by atoms with Crippen LogP contribution in [0.5, 0.6) is 0 Å². The van der Waals surface area contributed by atoms with Gasteiger partial charge in [-0.15, -0.1) is 0 Å². The molecule has 94 valence electrons. The van der Waals surface area contributed by atoms with E-state index in [0.717, 1.165) is 42.6 Å². The number of carbonyl (C=O) groups excluding carboxylic acids is 1. The maximum absolute atomic E-state index is 12.3. The van der Waals surface area contributed by atoms with Crippen molar-refractivity contribution in [1.29, 1.82) is 0 Å². The predicted molar refractivity (Wildman–Crippen MR) is 72.9 cm³/mol. The van der Waals surface area contributed by atoms with Crippen LogP contribution in [0.25, 0.3) is 10.9 Å². The van der Waals surface area contributed by atoms with Crippen molar-refractivity contribution in [2.45, 2.75) is 13.3 Å². The van der Waals surface area contributed by atoms with Crippen LogP contribution in [0.2, 0.25) is 0 Å². The van der Waals surface area contributed by atoms with Crippen LogP contribution in [0, 0.1) is 0 Å². The summed E-state index contributed by atoms with van der Waals surface area (Å²) >= 11 is 0. The molecule has 0 unspecified atom stereocenters. The minimum Gasteiger partial charge on any atom is -0.359 e. The third-order valence-corrected chi connectivity index (χ3v) is 3.44. The molecule has 0 bridgehead atoms. The highest BCUT2D eigenvalue weighted by atomic mass is 16.2. The molecular formula is C14H17N3O. The largest absolute Gasteiger partial charge is 0.359 e. The van der Waals surface area contributed by atoms with E-state index in [-0.39, 0.29) is 6.03 Å². The van der Waals surface area contributed by atoms with E-state index in [1.807, 2.05) is 34.2 Å². The number of H-pyrrole nitrogens is 1. The smallest absolute Gasteiger partial charge is 0.324 e. The minimum atomic E-state index is 0.124. The number of anilines is 1. The van der Waals surface area contributed by atoms with Crippen molar-refractivity contribution in [2.75, 3.05) is 24.5 Å². The Labute approximate surface area is 106 Å². The van der Waals surface area contributed by atoms with Gasteiger partial charge in [-0.3, -0.25) is 4.90 Å². The van der Waals surface area contributed by atoms with Gasteiger partial charge >= 0.3 is 6.03 Å². The highest BCUT2D eigenvalue weighted by Gasteiger charge is 2.29. The summed E-state index contributed by atoms with van der Waals surface area (Å²) < 4.78 is 0. The molecule has 1 aromatic carbocycles. The maximum Gasteiger partial charge on any atom is 0.324 e. The highest BCUT2D eigenvalue weighted by Crippen LogP contribution is 2.28. The van der Waals surface area contributed by atoms with Crippen molar-refractivity contribution in [1.82, 2.24) is 9.88 Å². The van der Waals surface area contributed by atoms with E-state index in [2.05, 4.69) is 18.0 Å². The number of hydrogen-bond acceptors (Lipinski definition) is 1. The van der Waals surface area contributed by atoms with Crippen LogP contribution in [0.4, 0.5) is 10.5 Å². The molecule has 0 atom stereocenters. The molecule has 0 spiro atoms. The Kier molecular flexibility index (Phi) is 2.70. The lowest BCUT2D eigenvalue weighted by Gasteiger charge is -2.18. The van der Waals surface area contributed by atoms with Crippen LogP contribution < -0.4 is 4.90 Å². The van der Waals surface area contributed by atoms with Gasteiger partial charge in [-0.25, -0.2) is 4.79 Å². The molecule has 3 rings (SSSR count). The van der Waals surface area contributed by atoms with Crippen molar-refractivity contribution >= 4 is 22.6 Å². The van der Waals surface area contributed by atoms with Gasteiger partial charge in [0.25, 0.3) is 0 Å². The van der Waals surface area contributed by atoms with Gasteiger partial charge in [0, 0.05) is 31.2 Å². The second-order valence-corrected chi connectivity index (χ2v) is 4.64. The monoisotopic (exact) mass is 243 g/mol. The lowest BCUT2D eigenvalue weighted by molar-refractivity contribution is 0.221. The normalized spacial score (nSPS) is 15.9. The van der Waals surface area contributed by atoms with Crippen LogP contribution in [0.15, 0.2) is 30.5 Å². The van der Waals surface area contributed by atoms with E-state index in [4.69, 9.17) is 0 Å². The van der Waals surface area contributed by atoms with E-state index >= 15 is 0 Å². The summed E-state index contributed by atoms with van der Waals surface area (Å²) in [4.78, 5) is 19.3. The molecule has 18 heavy (non-hydrogen) atoms. The third-order valence-electron chi connectivity index (χ3n) is 3.44. The topological polar surface area (TPSA) is 39.3 Å². The summed E-state index contributed by atoms with van der Waals surface area (Å²) in [5, 5.41) is 1.15. The molecular weight excluding hydrogens is 226 g/mol. The number of amides is 2. The van der Waals surface area contributed by atoms with Crippen molar-refractivity contribution < 1.29 is 4.79 Å². The number of urea groups is 1. The van der Waals surface area contributed by atoms with Crippen LogP contribution in [-0.2, 0) is 0 Å². The van der Waals surface area contributed by atoms with E-state index in [1.54, 1.807) is 0 Å². The third kappa shape index (κ3) is 1.65.